The first kappa shape index (κ1) is 23.8. The van der Waals surface area contributed by atoms with Gasteiger partial charge in [0.25, 0.3) is 5.91 Å². The molecule has 0 atom stereocenters. The molecule has 0 aliphatic carbocycles. The maximum absolute atomic E-state index is 12.6. The minimum atomic E-state index is -0.509. The van der Waals surface area contributed by atoms with Crippen molar-refractivity contribution in [2.24, 2.45) is 0 Å². The Morgan fingerprint density at radius 3 is 2.56 bits per heavy atom. The van der Waals surface area contributed by atoms with Crippen LogP contribution >= 0.6 is 23.1 Å². The van der Waals surface area contributed by atoms with E-state index in [1.54, 1.807) is 30.5 Å². The van der Waals surface area contributed by atoms with Crippen LogP contribution in [0, 0.1) is 6.92 Å². The first-order valence-corrected chi connectivity index (χ1v) is 12.1. The van der Waals surface area contributed by atoms with Crippen LogP contribution in [0.3, 0.4) is 0 Å². The number of rotatable bonds is 10. The van der Waals surface area contributed by atoms with Gasteiger partial charge in [-0.2, -0.15) is 0 Å². The molecule has 1 heterocycles. The van der Waals surface area contributed by atoms with Gasteiger partial charge in [-0.3, -0.25) is 4.79 Å². The number of carbonyl (C=O) groups excluding carboxylic acids is 2. The average molecular weight is 471 g/mol. The zero-order chi connectivity index (χ0) is 22.9. The van der Waals surface area contributed by atoms with Gasteiger partial charge in [-0.1, -0.05) is 24.3 Å². The number of benzene rings is 2. The fraction of sp³-hybridized carbons (Fsp3) is 0.292. The summed E-state index contributed by atoms with van der Waals surface area (Å²) in [6.07, 6.45) is 0. The van der Waals surface area contributed by atoms with Crippen molar-refractivity contribution in [1.29, 1.82) is 0 Å². The van der Waals surface area contributed by atoms with E-state index in [1.807, 2.05) is 55.6 Å². The number of hydrogen-bond donors (Lipinski definition) is 0. The van der Waals surface area contributed by atoms with Gasteiger partial charge in [0.1, 0.15) is 5.75 Å². The monoisotopic (exact) mass is 470 g/mol. The first-order chi connectivity index (χ1) is 15.5. The normalized spacial score (nSPS) is 10.6. The molecule has 0 aliphatic heterocycles. The van der Waals surface area contributed by atoms with Crippen molar-refractivity contribution < 1.29 is 19.1 Å². The van der Waals surface area contributed by atoms with E-state index >= 15 is 0 Å². The number of likely N-dealkylation sites (N-methyl/N-ethyl adjacent to an activating group) is 1. The van der Waals surface area contributed by atoms with Crippen molar-refractivity contribution in [2.75, 3.05) is 20.3 Å². The molecule has 0 radical (unpaired) electrons. The summed E-state index contributed by atoms with van der Waals surface area (Å²) < 4.78 is 10.8. The van der Waals surface area contributed by atoms with Gasteiger partial charge < -0.3 is 14.4 Å². The van der Waals surface area contributed by atoms with Crippen molar-refractivity contribution in [2.45, 2.75) is 31.0 Å². The average Bonchev–Trinajstić information content (AvgIpc) is 3.22. The van der Waals surface area contributed by atoms with Crippen LogP contribution in [0.25, 0.3) is 0 Å². The Kier molecular flexibility index (Phi) is 8.70. The zero-order valence-corrected chi connectivity index (χ0v) is 20.0. The molecule has 0 unspecified atom stereocenters. The molecule has 168 valence electrons. The lowest BCUT2D eigenvalue weighted by Gasteiger charge is -2.18. The second-order valence-corrected chi connectivity index (χ2v) is 9.12. The highest BCUT2D eigenvalue weighted by atomic mass is 32.2. The molecule has 3 rings (SSSR count). The number of carbonyl (C=O) groups is 2. The number of hydrogen-bond acceptors (Lipinski definition) is 7. The summed E-state index contributed by atoms with van der Waals surface area (Å²) in [5.41, 5.74) is 2.40. The van der Waals surface area contributed by atoms with Crippen molar-refractivity contribution in [1.82, 2.24) is 9.88 Å². The van der Waals surface area contributed by atoms with Gasteiger partial charge >= 0.3 is 5.97 Å². The molecule has 0 bridgehead atoms. The molecule has 0 saturated carbocycles. The van der Waals surface area contributed by atoms with E-state index in [1.165, 1.54) is 16.7 Å². The van der Waals surface area contributed by atoms with Crippen LogP contribution in [0.4, 0.5) is 0 Å². The van der Waals surface area contributed by atoms with E-state index in [0.717, 1.165) is 26.9 Å². The summed E-state index contributed by atoms with van der Waals surface area (Å²) in [6.45, 7) is 4.61. The lowest BCUT2D eigenvalue weighted by atomic mass is 10.2. The van der Waals surface area contributed by atoms with Crippen molar-refractivity contribution in [3.8, 4) is 5.75 Å². The summed E-state index contributed by atoms with van der Waals surface area (Å²) in [7, 11) is 1.69. The molecule has 0 saturated heterocycles. The third-order valence-electron chi connectivity index (χ3n) is 4.56. The number of amides is 1. The number of thiazole rings is 1. The third-order valence-corrected chi connectivity index (χ3v) is 6.49. The number of esters is 1. The van der Waals surface area contributed by atoms with Crippen molar-refractivity contribution in [3.63, 3.8) is 0 Å². The SMILES string of the molecule is CCOc1ccc(CN(C)C(=O)COC(=O)c2ccccc2SCc2csc(C)n2)cc1. The summed E-state index contributed by atoms with van der Waals surface area (Å²) in [4.78, 5) is 31.9. The van der Waals surface area contributed by atoms with Gasteiger partial charge in [0.05, 0.1) is 22.9 Å². The van der Waals surface area contributed by atoms with Crippen LogP contribution < -0.4 is 4.74 Å². The maximum atomic E-state index is 12.6. The molecule has 3 aromatic rings. The fourth-order valence-corrected chi connectivity index (χ4v) is 4.57. The largest absolute Gasteiger partial charge is 0.494 e. The number of thioether (sulfide) groups is 1. The van der Waals surface area contributed by atoms with Gasteiger partial charge in [-0.15, -0.1) is 23.1 Å². The molecular formula is C24H26N2O4S2. The Hall–Kier alpha value is -2.84. The minimum Gasteiger partial charge on any atom is -0.494 e. The number of aromatic nitrogens is 1. The van der Waals surface area contributed by atoms with Crippen LogP contribution in [0.15, 0.2) is 58.8 Å². The lowest BCUT2D eigenvalue weighted by Crippen LogP contribution is -2.30. The van der Waals surface area contributed by atoms with E-state index in [0.29, 0.717) is 24.5 Å². The van der Waals surface area contributed by atoms with Gasteiger partial charge in [-0.05, 0) is 43.7 Å². The van der Waals surface area contributed by atoms with Crippen LogP contribution in [0.2, 0.25) is 0 Å². The molecule has 0 spiro atoms. The van der Waals surface area contributed by atoms with E-state index < -0.39 is 5.97 Å². The maximum Gasteiger partial charge on any atom is 0.339 e. The molecule has 6 nitrogen and oxygen atoms in total. The number of nitrogens with zero attached hydrogens (tertiary/aromatic N) is 2. The predicted molar refractivity (Wildman–Crippen MR) is 127 cm³/mol. The second kappa shape index (κ2) is 11.7. The number of aryl methyl sites for hydroxylation is 1. The molecule has 0 aliphatic rings. The second-order valence-electron chi connectivity index (χ2n) is 7.05. The Bertz CT molecular complexity index is 1050. The fourth-order valence-electron chi connectivity index (χ4n) is 2.92. The van der Waals surface area contributed by atoms with Crippen LogP contribution in [0.1, 0.15) is 33.5 Å². The van der Waals surface area contributed by atoms with Crippen LogP contribution in [-0.2, 0) is 21.8 Å². The van der Waals surface area contributed by atoms with Crippen LogP contribution in [-0.4, -0.2) is 42.0 Å². The highest BCUT2D eigenvalue weighted by Gasteiger charge is 2.17. The van der Waals surface area contributed by atoms with Gasteiger partial charge in [-0.25, -0.2) is 9.78 Å². The van der Waals surface area contributed by atoms with Crippen LogP contribution in [0.5, 0.6) is 5.75 Å². The molecule has 1 amide bonds. The molecule has 0 fully saturated rings. The minimum absolute atomic E-state index is 0.268. The molecule has 8 heteroatoms. The molecule has 2 aromatic carbocycles. The van der Waals surface area contributed by atoms with Crippen molar-refractivity contribution in [3.05, 3.63) is 75.7 Å². The standard InChI is InChI=1S/C24H26N2O4S2/c1-4-29-20-11-9-18(10-12-20)13-26(3)23(27)14-30-24(28)21-7-5-6-8-22(21)32-16-19-15-31-17(2)25-19/h5-12,15H,4,13-14,16H2,1-3H3. The van der Waals surface area contributed by atoms with E-state index in [-0.39, 0.29) is 12.5 Å². The van der Waals surface area contributed by atoms with Gasteiger partial charge in [0, 0.05) is 29.6 Å². The topological polar surface area (TPSA) is 68.7 Å². The highest BCUT2D eigenvalue weighted by Crippen LogP contribution is 2.27. The Balaban J connectivity index is 1.52. The highest BCUT2D eigenvalue weighted by molar-refractivity contribution is 7.98. The summed E-state index contributed by atoms with van der Waals surface area (Å²) in [5.74, 6) is 0.680. The summed E-state index contributed by atoms with van der Waals surface area (Å²) in [6, 6.07) is 14.8. The van der Waals surface area contributed by atoms with E-state index in [2.05, 4.69) is 4.98 Å². The van der Waals surface area contributed by atoms with Gasteiger partial charge in [0.15, 0.2) is 6.61 Å². The van der Waals surface area contributed by atoms with Gasteiger partial charge in [0.2, 0.25) is 0 Å². The molecule has 0 N–H and O–H groups in total. The van der Waals surface area contributed by atoms with Crippen molar-refractivity contribution >= 4 is 35.0 Å². The summed E-state index contributed by atoms with van der Waals surface area (Å²) >= 11 is 3.13. The van der Waals surface area contributed by atoms with E-state index in [4.69, 9.17) is 9.47 Å². The zero-order valence-electron chi connectivity index (χ0n) is 18.4. The smallest absolute Gasteiger partial charge is 0.339 e. The third kappa shape index (κ3) is 6.83. The van der Waals surface area contributed by atoms with E-state index in [9.17, 15) is 9.59 Å². The summed E-state index contributed by atoms with van der Waals surface area (Å²) in [5, 5.41) is 3.03. The lowest BCUT2D eigenvalue weighted by molar-refractivity contribution is -0.133. The number of ether oxygens (including phenoxy) is 2. The molecular weight excluding hydrogens is 444 g/mol. The quantitative estimate of drug-likeness (QED) is 0.308. The molecule has 32 heavy (non-hydrogen) atoms. The Morgan fingerprint density at radius 2 is 1.88 bits per heavy atom. The first-order valence-electron chi connectivity index (χ1n) is 10.2. The molecule has 1 aromatic heterocycles. The Labute approximate surface area is 196 Å². The predicted octanol–water partition coefficient (Wildman–Crippen LogP) is 4.96. The Morgan fingerprint density at radius 1 is 1.12 bits per heavy atom.